The van der Waals surface area contributed by atoms with Gasteiger partial charge in [-0.15, -0.1) is 0 Å². The average Bonchev–Trinajstić information content (AvgIpc) is 2.62. The zero-order valence-electron chi connectivity index (χ0n) is 11.0. The molecule has 0 aromatic carbocycles. The molecule has 100 valence electrons. The minimum Gasteiger partial charge on any atom is -0.493 e. The van der Waals surface area contributed by atoms with E-state index < -0.39 is 0 Å². The monoisotopic (exact) mass is 250 g/mol. The molecule has 1 saturated carbocycles. The fourth-order valence-electron chi connectivity index (χ4n) is 2.72. The molecule has 18 heavy (non-hydrogen) atoms. The summed E-state index contributed by atoms with van der Waals surface area (Å²) in [5, 5.41) is 9.87. The summed E-state index contributed by atoms with van der Waals surface area (Å²) >= 11 is 0. The average molecular weight is 250 g/mol. The van der Waals surface area contributed by atoms with Crippen molar-refractivity contribution in [2.45, 2.75) is 64.2 Å². The van der Waals surface area contributed by atoms with Gasteiger partial charge in [0, 0.05) is 5.92 Å². The number of aromatic amines is 1. The Labute approximate surface area is 107 Å². The van der Waals surface area contributed by atoms with E-state index in [2.05, 4.69) is 9.97 Å². The molecule has 0 aliphatic heterocycles. The molecule has 4 heteroatoms. The maximum atomic E-state index is 11.9. The van der Waals surface area contributed by atoms with Crippen molar-refractivity contribution in [3.63, 3.8) is 0 Å². The van der Waals surface area contributed by atoms with E-state index in [1.54, 1.807) is 0 Å². The van der Waals surface area contributed by atoms with Crippen molar-refractivity contribution in [1.29, 1.82) is 0 Å². The standard InChI is InChI=1S/C14H22N2O2/c1-2-7-11-13(17)15-12(16-14(11)18)10-8-5-3-4-6-9-10/h10H,2-9H2,1H3,(H2,15,16,17,18). The molecule has 1 heterocycles. The summed E-state index contributed by atoms with van der Waals surface area (Å²) in [5.41, 5.74) is 0.262. The van der Waals surface area contributed by atoms with Crippen molar-refractivity contribution in [3.8, 4) is 5.88 Å². The summed E-state index contributed by atoms with van der Waals surface area (Å²) in [6.07, 6.45) is 8.45. The Bertz CT molecular complexity index is 446. The van der Waals surface area contributed by atoms with Crippen molar-refractivity contribution in [2.24, 2.45) is 0 Å². The zero-order valence-corrected chi connectivity index (χ0v) is 11.0. The third-order valence-corrected chi connectivity index (χ3v) is 3.75. The molecule has 0 radical (unpaired) electrons. The fraction of sp³-hybridized carbons (Fsp3) is 0.714. The topological polar surface area (TPSA) is 66.0 Å². The summed E-state index contributed by atoms with van der Waals surface area (Å²) in [6, 6.07) is 0. The predicted octanol–water partition coefficient (Wildman–Crippen LogP) is 2.87. The van der Waals surface area contributed by atoms with Gasteiger partial charge in [0.25, 0.3) is 5.56 Å². The maximum absolute atomic E-state index is 11.9. The van der Waals surface area contributed by atoms with Gasteiger partial charge >= 0.3 is 0 Å². The number of H-pyrrole nitrogens is 1. The van der Waals surface area contributed by atoms with Crippen molar-refractivity contribution in [2.75, 3.05) is 0 Å². The molecule has 0 atom stereocenters. The van der Waals surface area contributed by atoms with Gasteiger partial charge in [-0.2, -0.15) is 4.98 Å². The maximum Gasteiger partial charge on any atom is 0.257 e. The van der Waals surface area contributed by atoms with Crippen molar-refractivity contribution < 1.29 is 5.11 Å². The number of hydrogen-bond donors (Lipinski definition) is 2. The second-order valence-corrected chi connectivity index (χ2v) is 5.19. The van der Waals surface area contributed by atoms with E-state index in [0.717, 1.165) is 19.3 Å². The Hall–Kier alpha value is -1.32. The molecule has 0 saturated heterocycles. The molecule has 4 nitrogen and oxygen atoms in total. The lowest BCUT2D eigenvalue weighted by molar-refractivity contribution is 0.431. The van der Waals surface area contributed by atoms with E-state index in [1.165, 1.54) is 25.7 Å². The Morgan fingerprint density at radius 3 is 2.50 bits per heavy atom. The van der Waals surface area contributed by atoms with E-state index in [0.29, 0.717) is 23.7 Å². The first-order valence-corrected chi connectivity index (χ1v) is 7.04. The zero-order chi connectivity index (χ0) is 13.0. The number of aromatic hydroxyl groups is 1. The van der Waals surface area contributed by atoms with Crippen LogP contribution in [0.25, 0.3) is 0 Å². The van der Waals surface area contributed by atoms with Crippen LogP contribution in [0.15, 0.2) is 4.79 Å². The summed E-state index contributed by atoms with van der Waals surface area (Å²) in [7, 11) is 0. The molecule has 2 N–H and O–H groups in total. The molecule has 0 amide bonds. The summed E-state index contributed by atoms with van der Waals surface area (Å²) in [5.74, 6) is 0.917. The minimum absolute atomic E-state index is 0.0696. The van der Waals surface area contributed by atoms with Crippen LogP contribution in [0.5, 0.6) is 5.88 Å². The number of hydrogen-bond acceptors (Lipinski definition) is 3. The van der Waals surface area contributed by atoms with Crippen LogP contribution >= 0.6 is 0 Å². The van der Waals surface area contributed by atoms with Crippen LogP contribution in [-0.4, -0.2) is 15.1 Å². The van der Waals surface area contributed by atoms with Gasteiger partial charge in [-0.05, 0) is 19.3 Å². The number of nitrogens with zero attached hydrogens (tertiary/aromatic N) is 1. The second-order valence-electron chi connectivity index (χ2n) is 5.19. The third kappa shape index (κ3) is 2.92. The van der Waals surface area contributed by atoms with E-state index in [-0.39, 0.29) is 11.4 Å². The Balaban J connectivity index is 2.26. The summed E-state index contributed by atoms with van der Waals surface area (Å²) in [6.45, 7) is 1.98. The van der Waals surface area contributed by atoms with E-state index in [4.69, 9.17) is 0 Å². The van der Waals surface area contributed by atoms with E-state index >= 15 is 0 Å². The van der Waals surface area contributed by atoms with Gasteiger partial charge in [-0.25, -0.2) is 0 Å². The van der Waals surface area contributed by atoms with Crippen LogP contribution in [0.3, 0.4) is 0 Å². The Morgan fingerprint density at radius 1 is 1.28 bits per heavy atom. The minimum atomic E-state index is -0.163. The van der Waals surface area contributed by atoms with Gasteiger partial charge < -0.3 is 10.1 Å². The number of nitrogens with one attached hydrogen (secondary N) is 1. The lowest BCUT2D eigenvalue weighted by Crippen LogP contribution is -2.18. The van der Waals surface area contributed by atoms with Gasteiger partial charge in [0.05, 0.1) is 5.56 Å². The van der Waals surface area contributed by atoms with E-state index in [1.807, 2.05) is 6.92 Å². The molecule has 0 spiro atoms. The van der Waals surface area contributed by atoms with Crippen LogP contribution in [0.2, 0.25) is 0 Å². The quantitative estimate of drug-likeness (QED) is 0.811. The van der Waals surface area contributed by atoms with Gasteiger partial charge in [0.2, 0.25) is 5.88 Å². The fourth-order valence-corrected chi connectivity index (χ4v) is 2.72. The molecular weight excluding hydrogens is 228 g/mol. The SMILES string of the molecule is CCCc1c(O)nc(C2CCCCCC2)[nH]c1=O. The van der Waals surface area contributed by atoms with Crippen LogP contribution < -0.4 is 5.56 Å². The highest BCUT2D eigenvalue weighted by Gasteiger charge is 2.19. The summed E-state index contributed by atoms with van der Waals surface area (Å²) in [4.78, 5) is 19.0. The normalized spacial score (nSPS) is 17.6. The van der Waals surface area contributed by atoms with Crippen LogP contribution in [0, 0.1) is 0 Å². The second kappa shape index (κ2) is 6.03. The molecule has 1 aromatic heterocycles. The molecule has 1 aliphatic rings. The highest BCUT2D eigenvalue weighted by atomic mass is 16.3. The predicted molar refractivity (Wildman–Crippen MR) is 71.0 cm³/mol. The van der Waals surface area contributed by atoms with Gasteiger partial charge in [-0.1, -0.05) is 39.0 Å². The highest BCUT2D eigenvalue weighted by molar-refractivity contribution is 5.23. The van der Waals surface area contributed by atoms with Gasteiger partial charge in [0.15, 0.2) is 0 Å². The van der Waals surface area contributed by atoms with Crippen LogP contribution in [0.1, 0.15) is 69.2 Å². The molecule has 0 bridgehead atoms. The van der Waals surface area contributed by atoms with Crippen molar-refractivity contribution in [3.05, 3.63) is 21.7 Å². The highest BCUT2D eigenvalue weighted by Crippen LogP contribution is 2.30. The molecular formula is C14H22N2O2. The van der Waals surface area contributed by atoms with Crippen LogP contribution in [-0.2, 0) is 6.42 Å². The smallest absolute Gasteiger partial charge is 0.257 e. The number of aromatic nitrogens is 2. The largest absolute Gasteiger partial charge is 0.493 e. The Morgan fingerprint density at radius 2 is 1.94 bits per heavy atom. The molecule has 1 aromatic rings. The molecule has 0 unspecified atom stereocenters. The first kappa shape index (κ1) is 13.1. The van der Waals surface area contributed by atoms with E-state index in [9.17, 15) is 9.90 Å². The molecule has 1 fully saturated rings. The van der Waals surface area contributed by atoms with Gasteiger partial charge in [-0.3, -0.25) is 4.79 Å². The number of rotatable bonds is 3. The van der Waals surface area contributed by atoms with Crippen LogP contribution in [0.4, 0.5) is 0 Å². The molecule has 1 aliphatic carbocycles. The summed E-state index contributed by atoms with van der Waals surface area (Å²) < 4.78 is 0. The lowest BCUT2D eigenvalue weighted by Gasteiger charge is -2.14. The van der Waals surface area contributed by atoms with Gasteiger partial charge in [0.1, 0.15) is 5.82 Å². The third-order valence-electron chi connectivity index (χ3n) is 3.75. The first-order chi connectivity index (χ1) is 8.72. The first-order valence-electron chi connectivity index (χ1n) is 7.04. The lowest BCUT2D eigenvalue weighted by atomic mass is 9.99. The van der Waals surface area contributed by atoms with Crippen molar-refractivity contribution in [1.82, 2.24) is 9.97 Å². The Kier molecular flexibility index (Phi) is 4.39. The molecule has 2 rings (SSSR count). The van der Waals surface area contributed by atoms with Crippen molar-refractivity contribution >= 4 is 0 Å².